The molecule has 0 bridgehead atoms. The lowest BCUT2D eigenvalue weighted by Crippen LogP contribution is -2.61. The van der Waals surface area contributed by atoms with Crippen LogP contribution in [0, 0.1) is 5.41 Å². The third kappa shape index (κ3) is 3.62. The zero-order valence-electron chi connectivity index (χ0n) is 16.1. The first kappa shape index (κ1) is 18.3. The lowest BCUT2D eigenvalue weighted by Gasteiger charge is -2.54. The number of rotatable bonds is 3. The third-order valence-corrected chi connectivity index (χ3v) is 7.85. The standard InChI is InChI=1S/C20H29ClN4OS/c1-22-4-2-20(3-5-22)13-24(14-20)15-23-11-17(25-6-8-26-9-7-25)16-10-19(21)27-18(16)12-23/h10-11H,2-9,12-15H2,1H3. The Morgan fingerprint density at radius 1 is 1.15 bits per heavy atom. The lowest BCUT2D eigenvalue weighted by molar-refractivity contribution is -0.0624. The van der Waals surface area contributed by atoms with Gasteiger partial charge in [-0.25, -0.2) is 0 Å². The maximum atomic E-state index is 6.37. The molecule has 1 aromatic rings. The van der Waals surface area contributed by atoms with E-state index >= 15 is 0 Å². The molecule has 0 aromatic carbocycles. The van der Waals surface area contributed by atoms with Crippen LogP contribution in [0.15, 0.2) is 12.3 Å². The molecule has 5 heterocycles. The van der Waals surface area contributed by atoms with Crippen LogP contribution in [-0.2, 0) is 11.3 Å². The van der Waals surface area contributed by atoms with E-state index in [1.54, 1.807) is 11.3 Å². The van der Waals surface area contributed by atoms with Gasteiger partial charge in [0.25, 0.3) is 0 Å². The molecule has 4 aliphatic heterocycles. The van der Waals surface area contributed by atoms with Crippen molar-refractivity contribution in [3.63, 3.8) is 0 Å². The Labute approximate surface area is 171 Å². The molecule has 0 saturated carbocycles. The van der Waals surface area contributed by atoms with Gasteiger partial charge < -0.3 is 19.4 Å². The summed E-state index contributed by atoms with van der Waals surface area (Å²) in [4.78, 5) is 11.4. The molecule has 3 saturated heterocycles. The predicted octanol–water partition coefficient (Wildman–Crippen LogP) is 2.83. The molecule has 148 valence electrons. The average Bonchev–Trinajstić information content (AvgIpc) is 3.02. The van der Waals surface area contributed by atoms with E-state index in [2.05, 4.69) is 38.9 Å². The summed E-state index contributed by atoms with van der Waals surface area (Å²) in [6.45, 7) is 10.6. The van der Waals surface area contributed by atoms with Crippen molar-refractivity contribution in [2.75, 3.05) is 66.2 Å². The summed E-state index contributed by atoms with van der Waals surface area (Å²) < 4.78 is 6.45. The van der Waals surface area contributed by atoms with E-state index in [-0.39, 0.29) is 0 Å². The Bertz CT molecular complexity index is 714. The highest BCUT2D eigenvalue weighted by atomic mass is 35.5. The number of piperidine rings is 1. The first-order chi connectivity index (χ1) is 13.1. The first-order valence-electron chi connectivity index (χ1n) is 10.1. The van der Waals surface area contributed by atoms with Gasteiger partial charge in [0.05, 0.1) is 36.5 Å². The van der Waals surface area contributed by atoms with E-state index in [0.717, 1.165) is 43.9 Å². The number of likely N-dealkylation sites (tertiary alicyclic amines) is 2. The SMILES string of the molecule is CN1CCC2(CC1)CN(CN1C=C(N3CCOCC3)c3cc(Cl)sc3C1)C2. The quantitative estimate of drug-likeness (QED) is 0.764. The van der Waals surface area contributed by atoms with Crippen LogP contribution in [0.1, 0.15) is 23.3 Å². The van der Waals surface area contributed by atoms with Gasteiger partial charge in [-0.15, -0.1) is 11.3 Å². The van der Waals surface area contributed by atoms with Crippen LogP contribution in [0.2, 0.25) is 4.34 Å². The van der Waals surface area contributed by atoms with Crippen molar-refractivity contribution in [2.24, 2.45) is 5.41 Å². The Hall–Kier alpha value is -0.790. The molecule has 0 N–H and O–H groups in total. The predicted molar refractivity (Wildman–Crippen MR) is 111 cm³/mol. The molecule has 0 unspecified atom stereocenters. The number of thiophene rings is 1. The monoisotopic (exact) mass is 408 g/mol. The van der Waals surface area contributed by atoms with Crippen LogP contribution in [-0.4, -0.2) is 85.8 Å². The summed E-state index contributed by atoms with van der Waals surface area (Å²) in [5.74, 6) is 0. The molecule has 1 spiro atoms. The van der Waals surface area contributed by atoms with E-state index in [0.29, 0.717) is 5.41 Å². The van der Waals surface area contributed by atoms with Gasteiger partial charge in [0.15, 0.2) is 0 Å². The number of ether oxygens (including phenoxy) is 1. The highest BCUT2D eigenvalue weighted by Crippen LogP contribution is 2.42. The number of hydrogen-bond acceptors (Lipinski definition) is 6. The minimum atomic E-state index is 0.594. The Morgan fingerprint density at radius 2 is 1.89 bits per heavy atom. The molecule has 1 aromatic heterocycles. The largest absolute Gasteiger partial charge is 0.378 e. The van der Waals surface area contributed by atoms with Crippen LogP contribution < -0.4 is 0 Å². The molecule has 7 heteroatoms. The maximum Gasteiger partial charge on any atom is 0.0938 e. The molecule has 5 rings (SSSR count). The Kier molecular flexibility index (Phi) is 4.89. The van der Waals surface area contributed by atoms with E-state index in [4.69, 9.17) is 16.3 Å². The molecule has 0 aliphatic carbocycles. The maximum absolute atomic E-state index is 6.37. The van der Waals surface area contributed by atoms with Gasteiger partial charge in [-0.05, 0) is 44.5 Å². The molecular formula is C20H29ClN4OS. The van der Waals surface area contributed by atoms with Crippen molar-refractivity contribution in [1.29, 1.82) is 0 Å². The van der Waals surface area contributed by atoms with Crippen molar-refractivity contribution in [2.45, 2.75) is 19.4 Å². The van der Waals surface area contributed by atoms with Crippen LogP contribution >= 0.6 is 22.9 Å². The second-order valence-corrected chi connectivity index (χ2v) is 10.4. The summed E-state index contributed by atoms with van der Waals surface area (Å²) in [6, 6.07) is 2.15. The number of nitrogens with zero attached hydrogens (tertiary/aromatic N) is 4. The summed E-state index contributed by atoms with van der Waals surface area (Å²) in [6.07, 6.45) is 5.09. The molecule has 5 nitrogen and oxygen atoms in total. The number of halogens is 1. The van der Waals surface area contributed by atoms with Gasteiger partial charge in [0.1, 0.15) is 0 Å². The van der Waals surface area contributed by atoms with Crippen molar-refractivity contribution in [3.8, 4) is 0 Å². The number of fused-ring (bicyclic) bond motifs is 1. The van der Waals surface area contributed by atoms with Crippen molar-refractivity contribution in [1.82, 2.24) is 19.6 Å². The van der Waals surface area contributed by atoms with Crippen LogP contribution in [0.25, 0.3) is 5.70 Å². The Morgan fingerprint density at radius 3 is 2.63 bits per heavy atom. The lowest BCUT2D eigenvalue weighted by atomic mass is 9.72. The zero-order chi connectivity index (χ0) is 18.4. The number of morpholine rings is 1. The van der Waals surface area contributed by atoms with Crippen LogP contribution in [0.3, 0.4) is 0 Å². The average molecular weight is 409 g/mol. The molecule has 27 heavy (non-hydrogen) atoms. The fraction of sp³-hybridized carbons (Fsp3) is 0.700. The van der Waals surface area contributed by atoms with Gasteiger partial charge in [-0.3, -0.25) is 4.90 Å². The normalized spacial score (nSPS) is 26.1. The van der Waals surface area contributed by atoms with Gasteiger partial charge in [-0.2, -0.15) is 0 Å². The second kappa shape index (κ2) is 7.23. The number of hydrogen-bond donors (Lipinski definition) is 0. The fourth-order valence-corrected chi connectivity index (χ4v) is 6.32. The van der Waals surface area contributed by atoms with E-state index in [9.17, 15) is 0 Å². The minimum absolute atomic E-state index is 0.594. The minimum Gasteiger partial charge on any atom is -0.378 e. The molecule has 0 atom stereocenters. The molecule has 4 aliphatic rings. The topological polar surface area (TPSA) is 22.2 Å². The van der Waals surface area contributed by atoms with Crippen LogP contribution in [0.4, 0.5) is 0 Å². The van der Waals surface area contributed by atoms with Gasteiger partial charge in [-0.1, -0.05) is 11.6 Å². The van der Waals surface area contributed by atoms with Gasteiger partial charge >= 0.3 is 0 Å². The van der Waals surface area contributed by atoms with Crippen molar-refractivity contribution < 1.29 is 4.74 Å². The summed E-state index contributed by atoms with van der Waals surface area (Å²) >= 11 is 8.11. The van der Waals surface area contributed by atoms with Gasteiger partial charge in [0, 0.05) is 42.8 Å². The smallest absolute Gasteiger partial charge is 0.0938 e. The van der Waals surface area contributed by atoms with E-state index in [1.807, 2.05) is 0 Å². The highest BCUT2D eigenvalue weighted by molar-refractivity contribution is 7.16. The summed E-state index contributed by atoms with van der Waals surface area (Å²) in [5, 5.41) is 0. The molecule has 0 radical (unpaired) electrons. The molecule has 0 amide bonds. The van der Waals surface area contributed by atoms with Gasteiger partial charge in [0.2, 0.25) is 0 Å². The van der Waals surface area contributed by atoms with Crippen molar-refractivity contribution >= 4 is 28.6 Å². The fourth-order valence-electron chi connectivity index (χ4n) is 5.02. The van der Waals surface area contributed by atoms with E-state index in [1.165, 1.54) is 55.2 Å². The molecule has 3 fully saturated rings. The van der Waals surface area contributed by atoms with Crippen molar-refractivity contribution in [3.05, 3.63) is 27.0 Å². The zero-order valence-corrected chi connectivity index (χ0v) is 17.7. The summed E-state index contributed by atoms with van der Waals surface area (Å²) in [5.41, 5.74) is 3.26. The first-order valence-corrected chi connectivity index (χ1v) is 11.3. The highest BCUT2D eigenvalue weighted by Gasteiger charge is 2.44. The summed E-state index contributed by atoms with van der Waals surface area (Å²) in [7, 11) is 2.25. The Balaban J connectivity index is 1.27. The second-order valence-electron chi connectivity index (χ2n) is 8.68. The van der Waals surface area contributed by atoms with Crippen LogP contribution in [0.5, 0.6) is 0 Å². The third-order valence-electron chi connectivity index (χ3n) is 6.61. The van der Waals surface area contributed by atoms with E-state index < -0.39 is 0 Å². The molecular weight excluding hydrogens is 380 g/mol.